The molecule has 2 N–H and O–H groups in total. The number of alkyl halides is 3. The second-order valence-corrected chi connectivity index (χ2v) is 9.17. The maximum absolute atomic E-state index is 13.6. The minimum absolute atomic E-state index is 0.0642. The van der Waals surface area contributed by atoms with Gasteiger partial charge in [-0.25, -0.2) is 9.97 Å². The van der Waals surface area contributed by atoms with E-state index in [0.29, 0.717) is 25.1 Å². The number of carboxylic acid groups (broad SMARTS) is 1. The number of aromatic nitrogens is 2. The highest BCUT2D eigenvalue weighted by Gasteiger charge is 2.35. The molecule has 0 saturated carbocycles. The van der Waals surface area contributed by atoms with E-state index in [-0.39, 0.29) is 30.4 Å². The smallest absolute Gasteiger partial charge is 0.419 e. The van der Waals surface area contributed by atoms with Crippen molar-refractivity contribution in [3.05, 3.63) is 76.7 Å². The number of carboxylic acids is 1. The van der Waals surface area contributed by atoms with Crippen molar-refractivity contribution in [1.29, 1.82) is 0 Å². The van der Waals surface area contributed by atoms with Crippen molar-refractivity contribution >= 4 is 5.97 Å². The zero-order valence-electron chi connectivity index (χ0n) is 20.6. The Hall–Kier alpha value is -3.46. The summed E-state index contributed by atoms with van der Waals surface area (Å²) in [4.78, 5) is 19.2. The van der Waals surface area contributed by atoms with Crippen molar-refractivity contribution < 1.29 is 27.8 Å². The Kier molecular flexibility index (Phi) is 8.43. The summed E-state index contributed by atoms with van der Waals surface area (Å²) in [6.45, 7) is 3.27. The van der Waals surface area contributed by atoms with E-state index in [0.717, 1.165) is 47.9 Å². The highest BCUT2D eigenvalue weighted by Crippen LogP contribution is 2.37. The van der Waals surface area contributed by atoms with E-state index in [9.17, 15) is 18.0 Å². The number of rotatable bonds is 11. The second kappa shape index (κ2) is 11.7. The van der Waals surface area contributed by atoms with Crippen LogP contribution in [0, 0.1) is 0 Å². The Balaban J connectivity index is 1.29. The second-order valence-electron chi connectivity index (χ2n) is 9.17. The molecule has 1 aliphatic rings. The summed E-state index contributed by atoms with van der Waals surface area (Å²) in [7, 11) is 0. The molecular formula is C28H30F3N3O3. The Morgan fingerprint density at radius 3 is 2.68 bits per heavy atom. The van der Waals surface area contributed by atoms with Crippen LogP contribution in [-0.2, 0) is 30.4 Å². The predicted octanol–water partition coefficient (Wildman–Crippen LogP) is 5.79. The lowest BCUT2D eigenvalue weighted by Crippen LogP contribution is -2.20. The molecule has 3 aromatic rings. The largest absolute Gasteiger partial charge is 0.494 e. The van der Waals surface area contributed by atoms with Crippen LogP contribution in [-0.4, -0.2) is 34.2 Å². The highest BCUT2D eigenvalue weighted by molar-refractivity contribution is 5.68. The summed E-state index contributed by atoms with van der Waals surface area (Å²) < 4.78 is 46.5. The van der Waals surface area contributed by atoms with Gasteiger partial charge in [0.1, 0.15) is 17.1 Å². The average molecular weight is 514 g/mol. The summed E-state index contributed by atoms with van der Waals surface area (Å²) in [5.41, 5.74) is 2.71. The molecule has 4 rings (SSSR count). The number of benzene rings is 2. The van der Waals surface area contributed by atoms with Crippen LogP contribution >= 0.6 is 0 Å². The molecule has 196 valence electrons. The number of carbonyl (C=O) groups is 1. The lowest BCUT2D eigenvalue weighted by atomic mass is 9.98. The van der Waals surface area contributed by atoms with E-state index in [1.807, 2.05) is 37.3 Å². The van der Waals surface area contributed by atoms with Crippen LogP contribution < -0.4 is 10.1 Å². The maximum atomic E-state index is 13.6. The lowest BCUT2D eigenvalue weighted by Gasteiger charge is -2.14. The standard InChI is InChI=1S/C28H30F3N3O3/c1-2-18-4-6-19(7-5-18)27-24(28(29,30)31)16-33-25(34-27)17-32-12-3-13-37-22-10-11-23-20(14-22)8-9-21(23)15-26(35)36/h4-7,10-11,14,16,21,32H,2-3,8-9,12-13,15,17H2,1H3,(H,35,36)/t21-/m0/s1. The zero-order valence-corrected chi connectivity index (χ0v) is 20.6. The summed E-state index contributed by atoms with van der Waals surface area (Å²) in [5, 5.41) is 12.2. The van der Waals surface area contributed by atoms with E-state index in [1.165, 1.54) is 0 Å². The highest BCUT2D eigenvalue weighted by atomic mass is 19.4. The van der Waals surface area contributed by atoms with Gasteiger partial charge >= 0.3 is 12.1 Å². The number of nitrogens with zero attached hydrogens (tertiary/aromatic N) is 2. The van der Waals surface area contributed by atoms with Gasteiger partial charge in [0.2, 0.25) is 0 Å². The maximum Gasteiger partial charge on any atom is 0.419 e. The van der Waals surface area contributed by atoms with Gasteiger partial charge in [0.15, 0.2) is 0 Å². The molecule has 1 aromatic heterocycles. The quantitative estimate of drug-likeness (QED) is 0.316. The topological polar surface area (TPSA) is 84.3 Å². The minimum Gasteiger partial charge on any atom is -0.494 e. The van der Waals surface area contributed by atoms with E-state index in [2.05, 4.69) is 15.3 Å². The average Bonchev–Trinajstić information content (AvgIpc) is 3.26. The molecule has 1 atom stereocenters. The van der Waals surface area contributed by atoms with Crippen LogP contribution in [0.2, 0.25) is 0 Å². The Morgan fingerprint density at radius 1 is 1.19 bits per heavy atom. The normalized spacial score (nSPS) is 15.0. The van der Waals surface area contributed by atoms with Gasteiger partial charge < -0.3 is 15.2 Å². The summed E-state index contributed by atoms with van der Waals surface area (Å²) in [6.07, 6.45) is -0.369. The predicted molar refractivity (Wildman–Crippen MR) is 133 cm³/mol. The number of ether oxygens (including phenoxy) is 1. The molecule has 2 aromatic carbocycles. The van der Waals surface area contributed by atoms with Crippen molar-refractivity contribution in [2.24, 2.45) is 0 Å². The molecule has 0 amide bonds. The van der Waals surface area contributed by atoms with E-state index < -0.39 is 17.7 Å². The molecule has 0 radical (unpaired) electrons. The van der Waals surface area contributed by atoms with E-state index in [4.69, 9.17) is 9.84 Å². The monoisotopic (exact) mass is 513 g/mol. The fraction of sp³-hybridized carbons (Fsp3) is 0.393. The van der Waals surface area contributed by atoms with Crippen LogP contribution in [0.4, 0.5) is 13.2 Å². The van der Waals surface area contributed by atoms with Crippen molar-refractivity contribution in [2.45, 2.75) is 57.7 Å². The molecule has 1 aliphatic carbocycles. The molecule has 0 bridgehead atoms. The molecule has 37 heavy (non-hydrogen) atoms. The first-order chi connectivity index (χ1) is 17.7. The van der Waals surface area contributed by atoms with Crippen LogP contribution in [0.5, 0.6) is 5.75 Å². The third-order valence-corrected chi connectivity index (χ3v) is 6.57. The minimum atomic E-state index is -4.54. The Bertz CT molecular complexity index is 1230. The molecule has 0 spiro atoms. The van der Waals surface area contributed by atoms with Crippen molar-refractivity contribution in [2.75, 3.05) is 13.2 Å². The SMILES string of the molecule is CCc1ccc(-c2nc(CNCCCOc3ccc4c(c3)CC[C@H]4CC(=O)O)ncc2C(F)(F)F)cc1. The molecule has 1 heterocycles. The fourth-order valence-electron chi connectivity index (χ4n) is 4.61. The Labute approximate surface area is 213 Å². The lowest BCUT2D eigenvalue weighted by molar-refractivity contribution is -0.138. The van der Waals surface area contributed by atoms with Gasteiger partial charge in [-0.05, 0) is 67.0 Å². The number of fused-ring (bicyclic) bond motifs is 1. The van der Waals surface area contributed by atoms with Crippen molar-refractivity contribution in [1.82, 2.24) is 15.3 Å². The van der Waals surface area contributed by atoms with Crippen LogP contribution in [0.1, 0.15) is 60.2 Å². The fourth-order valence-corrected chi connectivity index (χ4v) is 4.61. The van der Waals surface area contributed by atoms with Crippen LogP contribution in [0.3, 0.4) is 0 Å². The molecule has 0 saturated heterocycles. The van der Waals surface area contributed by atoms with Gasteiger partial charge in [-0.1, -0.05) is 37.3 Å². The number of hydrogen-bond donors (Lipinski definition) is 2. The molecule has 6 nitrogen and oxygen atoms in total. The molecule has 0 aliphatic heterocycles. The van der Waals surface area contributed by atoms with Gasteiger partial charge in [0, 0.05) is 11.8 Å². The Morgan fingerprint density at radius 2 is 1.97 bits per heavy atom. The van der Waals surface area contributed by atoms with Crippen LogP contribution in [0.15, 0.2) is 48.7 Å². The third-order valence-electron chi connectivity index (χ3n) is 6.57. The third kappa shape index (κ3) is 6.85. The first kappa shape index (κ1) is 26.6. The molecule has 0 fully saturated rings. The number of aryl methyl sites for hydroxylation is 2. The summed E-state index contributed by atoms with van der Waals surface area (Å²) in [6, 6.07) is 12.8. The first-order valence-corrected chi connectivity index (χ1v) is 12.4. The van der Waals surface area contributed by atoms with Gasteiger partial charge in [0.05, 0.1) is 25.3 Å². The molecule has 0 unspecified atom stereocenters. The van der Waals surface area contributed by atoms with E-state index in [1.54, 1.807) is 12.1 Å². The van der Waals surface area contributed by atoms with Gasteiger partial charge in [-0.2, -0.15) is 13.2 Å². The number of hydrogen-bond acceptors (Lipinski definition) is 5. The van der Waals surface area contributed by atoms with Gasteiger partial charge in [-0.3, -0.25) is 4.79 Å². The zero-order chi connectivity index (χ0) is 26.4. The first-order valence-electron chi connectivity index (χ1n) is 12.4. The molecular weight excluding hydrogens is 483 g/mol. The van der Waals surface area contributed by atoms with Crippen molar-refractivity contribution in [3.8, 4) is 17.0 Å². The number of aliphatic carboxylic acids is 1. The summed E-state index contributed by atoms with van der Waals surface area (Å²) in [5.74, 6) is 0.321. The number of nitrogens with one attached hydrogen (secondary N) is 1. The van der Waals surface area contributed by atoms with Crippen LogP contribution in [0.25, 0.3) is 11.3 Å². The van der Waals surface area contributed by atoms with Gasteiger partial charge in [0.25, 0.3) is 0 Å². The van der Waals surface area contributed by atoms with E-state index >= 15 is 0 Å². The summed E-state index contributed by atoms with van der Waals surface area (Å²) >= 11 is 0. The van der Waals surface area contributed by atoms with Gasteiger partial charge in [-0.15, -0.1) is 0 Å². The van der Waals surface area contributed by atoms with Crippen molar-refractivity contribution in [3.63, 3.8) is 0 Å². The molecule has 9 heteroatoms. The number of halogens is 3.